The second-order valence-electron chi connectivity index (χ2n) is 10.7. The van der Waals surface area contributed by atoms with Gasteiger partial charge in [0.1, 0.15) is 6.10 Å². The Balaban J connectivity index is 1.45. The fourth-order valence-electron chi connectivity index (χ4n) is 7.95. The fraction of sp³-hybridized carbons (Fsp3) is 0.615. The van der Waals surface area contributed by atoms with Gasteiger partial charge in [-0.15, -0.1) is 0 Å². The minimum atomic E-state index is -0.801. The van der Waals surface area contributed by atoms with E-state index in [4.69, 9.17) is 4.74 Å². The number of rotatable bonds is 1. The highest BCUT2D eigenvalue weighted by Gasteiger charge is 2.67. The standard InChI is InChI=1S/C26H32O3/c1-16-15-25-12-13-26(29-25)18(14-20(25)23(28)22(16)27)10-11-24(2)19(8-9-21(24)26)17-6-4-3-5-7-17/h3-7,10,14,16,19,21-23,27-28H,8-9,11-13,15H2,1-2H3/t16-,19+,21+,22+,23+,24+,25+,26+/m0/s1. The molecule has 2 aliphatic heterocycles. The van der Waals surface area contributed by atoms with E-state index in [2.05, 4.69) is 49.4 Å². The Kier molecular flexibility index (Phi) is 3.70. The van der Waals surface area contributed by atoms with Crippen LogP contribution in [0.2, 0.25) is 0 Å². The molecule has 1 saturated heterocycles. The normalized spacial score (nSPS) is 50.3. The highest BCUT2D eigenvalue weighted by atomic mass is 16.5. The highest BCUT2D eigenvalue weighted by Crippen LogP contribution is 2.69. The third-order valence-corrected chi connectivity index (χ3v) is 9.34. The first-order valence-electron chi connectivity index (χ1n) is 11.4. The van der Waals surface area contributed by atoms with Crippen molar-refractivity contribution in [2.45, 2.75) is 81.7 Å². The van der Waals surface area contributed by atoms with Crippen LogP contribution < -0.4 is 0 Å². The number of benzene rings is 1. The first-order valence-corrected chi connectivity index (χ1v) is 11.4. The molecule has 8 atom stereocenters. The number of aliphatic hydroxyl groups excluding tert-OH is 2. The second-order valence-corrected chi connectivity index (χ2v) is 10.7. The summed E-state index contributed by atoms with van der Waals surface area (Å²) in [5, 5.41) is 21.3. The summed E-state index contributed by atoms with van der Waals surface area (Å²) in [4.78, 5) is 0. The topological polar surface area (TPSA) is 49.7 Å². The Labute approximate surface area is 173 Å². The summed E-state index contributed by atoms with van der Waals surface area (Å²) >= 11 is 0. The van der Waals surface area contributed by atoms with Gasteiger partial charge in [-0.05, 0) is 78.4 Å². The molecule has 2 heterocycles. The second kappa shape index (κ2) is 5.84. The lowest BCUT2D eigenvalue weighted by atomic mass is 9.58. The van der Waals surface area contributed by atoms with Gasteiger partial charge in [-0.2, -0.15) is 0 Å². The zero-order valence-electron chi connectivity index (χ0n) is 17.5. The van der Waals surface area contributed by atoms with E-state index in [0.29, 0.717) is 11.8 Å². The van der Waals surface area contributed by atoms with Crippen molar-refractivity contribution in [2.75, 3.05) is 0 Å². The summed E-state index contributed by atoms with van der Waals surface area (Å²) in [7, 11) is 0. The minimum Gasteiger partial charge on any atom is -0.390 e. The smallest absolute Gasteiger partial charge is 0.104 e. The molecule has 1 aromatic rings. The number of hydrogen-bond acceptors (Lipinski definition) is 3. The number of ether oxygens (including phenoxy) is 1. The zero-order valence-corrected chi connectivity index (χ0v) is 17.5. The molecule has 3 fully saturated rings. The lowest BCUT2D eigenvalue weighted by Gasteiger charge is -2.55. The van der Waals surface area contributed by atoms with Gasteiger partial charge >= 0.3 is 0 Å². The van der Waals surface area contributed by atoms with Gasteiger partial charge in [-0.25, -0.2) is 0 Å². The molecule has 0 radical (unpaired) electrons. The molecule has 2 spiro atoms. The summed E-state index contributed by atoms with van der Waals surface area (Å²) in [6.45, 7) is 4.53. The van der Waals surface area contributed by atoms with Crippen LogP contribution in [0.5, 0.6) is 0 Å². The van der Waals surface area contributed by atoms with Crippen molar-refractivity contribution in [1.82, 2.24) is 0 Å². The number of fused-ring (bicyclic) bond motifs is 1. The lowest BCUT2D eigenvalue weighted by Crippen LogP contribution is -2.57. The zero-order chi connectivity index (χ0) is 20.0. The minimum absolute atomic E-state index is 0.0541. The van der Waals surface area contributed by atoms with Gasteiger partial charge in [0, 0.05) is 0 Å². The highest BCUT2D eigenvalue weighted by molar-refractivity contribution is 5.49. The van der Waals surface area contributed by atoms with Gasteiger partial charge in [0.05, 0.1) is 17.3 Å². The van der Waals surface area contributed by atoms with E-state index in [1.54, 1.807) is 0 Å². The maximum Gasteiger partial charge on any atom is 0.104 e. The van der Waals surface area contributed by atoms with E-state index in [1.165, 1.54) is 24.0 Å². The maximum absolute atomic E-state index is 10.8. The van der Waals surface area contributed by atoms with Gasteiger partial charge < -0.3 is 14.9 Å². The molecule has 2 bridgehead atoms. The van der Waals surface area contributed by atoms with Crippen molar-refractivity contribution in [3.63, 3.8) is 0 Å². The molecule has 0 unspecified atom stereocenters. The van der Waals surface area contributed by atoms with Gasteiger partial charge in [-0.3, -0.25) is 0 Å². The molecule has 3 aliphatic carbocycles. The van der Waals surface area contributed by atoms with Crippen LogP contribution in [-0.2, 0) is 4.74 Å². The van der Waals surface area contributed by atoms with Gasteiger partial charge in [0.15, 0.2) is 0 Å². The molecule has 3 nitrogen and oxygen atoms in total. The molecule has 2 N–H and O–H groups in total. The van der Waals surface area contributed by atoms with Crippen LogP contribution in [-0.4, -0.2) is 33.6 Å². The van der Waals surface area contributed by atoms with Crippen LogP contribution in [0.15, 0.2) is 53.6 Å². The van der Waals surface area contributed by atoms with E-state index in [9.17, 15) is 10.2 Å². The molecule has 6 rings (SSSR count). The summed E-state index contributed by atoms with van der Waals surface area (Å²) in [6, 6.07) is 11.0. The Morgan fingerprint density at radius 2 is 1.86 bits per heavy atom. The first-order chi connectivity index (χ1) is 13.9. The molecule has 3 heteroatoms. The van der Waals surface area contributed by atoms with E-state index in [-0.39, 0.29) is 22.5 Å². The van der Waals surface area contributed by atoms with Crippen LogP contribution in [0.3, 0.4) is 0 Å². The third-order valence-electron chi connectivity index (χ3n) is 9.34. The lowest BCUT2D eigenvalue weighted by molar-refractivity contribution is -0.162. The average Bonchev–Trinajstić information content (AvgIpc) is 3.23. The predicted molar refractivity (Wildman–Crippen MR) is 112 cm³/mol. The Morgan fingerprint density at radius 1 is 1.07 bits per heavy atom. The van der Waals surface area contributed by atoms with Gasteiger partial charge in [0.2, 0.25) is 0 Å². The molecule has 154 valence electrons. The van der Waals surface area contributed by atoms with Crippen molar-refractivity contribution in [2.24, 2.45) is 17.3 Å². The summed E-state index contributed by atoms with van der Waals surface area (Å²) in [6.07, 6.45) is 9.44. The van der Waals surface area contributed by atoms with Crippen molar-refractivity contribution >= 4 is 0 Å². The molecule has 0 amide bonds. The van der Waals surface area contributed by atoms with Crippen LogP contribution in [0.4, 0.5) is 0 Å². The summed E-state index contributed by atoms with van der Waals surface area (Å²) < 4.78 is 7.13. The fourth-order valence-corrected chi connectivity index (χ4v) is 7.95. The Morgan fingerprint density at radius 3 is 2.66 bits per heavy atom. The van der Waals surface area contributed by atoms with Gasteiger partial charge in [-0.1, -0.05) is 56.3 Å². The Bertz CT molecular complexity index is 904. The third kappa shape index (κ3) is 2.19. The maximum atomic E-state index is 10.8. The van der Waals surface area contributed by atoms with Gasteiger partial charge in [0.25, 0.3) is 0 Å². The molecule has 2 saturated carbocycles. The van der Waals surface area contributed by atoms with E-state index >= 15 is 0 Å². The molecule has 1 aromatic carbocycles. The van der Waals surface area contributed by atoms with Crippen molar-refractivity contribution < 1.29 is 14.9 Å². The largest absolute Gasteiger partial charge is 0.390 e. The first kappa shape index (κ1) is 18.4. The van der Waals surface area contributed by atoms with Crippen LogP contribution >= 0.6 is 0 Å². The van der Waals surface area contributed by atoms with Crippen LogP contribution in [0.25, 0.3) is 0 Å². The molecule has 5 aliphatic rings. The van der Waals surface area contributed by atoms with E-state index in [0.717, 1.165) is 31.3 Å². The van der Waals surface area contributed by atoms with Crippen molar-refractivity contribution in [3.8, 4) is 0 Å². The van der Waals surface area contributed by atoms with E-state index < -0.39 is 12.2 Å². The molecule has 29 heavy (non-hydrogen) atoms. The van der Waals surface area contributed by atoms with Crippen molar-refractivity contribution in [1.29, 1.82) is 0 Å². The summed E-state index contributed by atoms with van der Waals surface area (Å²) in [5.74, 6) is 1.14. The number of hydrogen-bond donors (Lipinski definition) is 2. The monoisotopic (exact) mass is 392 g/mol. The quantitative estimate of drug-likeness (QED) is 0.739. The Hall–Kier alpha value is -1.42. The van der Waals surface area contributed by atoms with Crippen LogP contribution in [0.1, 0.15) is 63.9 Å². The van der Waals surface area contributed by atoms with E-state index in [1.807, 2.05) is 6.92 Å². The predicted octanol–water partition coefficient (Wildman–Crippen LogP) is 4.51. The van der Waals surface area contributed by atoms with Crippen molar-refractivity contribution in [3.05, 3.63) is 59.2 Å². The number of allylic oxidation sites excluding steroid dienone is 1. The van der Waals surface area contributed by atoms with Crippen LogP contribution in [0, 0.1) is 17.3 Å². The summed E-state index contributed by atoms with van der Waals surface area (Å²) in [5.41, 5.74) is 3.30. The molecule has 0 aromatic heterocycles. The average molecular weight is 393 g/mol. The number of aliphatic hydroxyl groups is 2. The molecular formula is C26H32O3. The molecular weight excluding hydrogens is 360 g/mol. The SMILES string of the molecule is C[C@H]1C[C@@]23CC[C@@]4(O2)C(=CC[C@]2(C)[C@@H](c5ccccc5)CC[C@H]24)C=C3[C@@H](O)[C@@H]1O.